The molecule has 0 aromatic carbocycles. The topological polar surface area (TPSA) is 214 Å². The van der Waals surface area contributed by atoms with Crippen LogP contribution in [0.4, 0.5) is 0 Å². The van der Waals surface area contributed by atoms with Gasteiger partial charge in [0, 0.05) is 13.0 Å². The van der Waals surface area contributed by atoms with E-state index < -0.39 is 80.7 Å². The first kappa shape index (κ1) is 49.1. The van der Waals surface area contributed by atoms with Crippen molar-refractivity contribution in [3.05, 3.63) is 0 Å². The summed E-state index contributed by atoms with van der Waals surface area (Å²) in [5.41, 5.74) is 0. The van der Waals surface area contributed by atoms with Gasteiger partial charge in [-0.25, -0.2) is 0 Å². The van der Waals surface area contributed by atoms with Crippen LogP contribution in [0.5, 0.6) is 0 Å². The Kier molecular flexibility index (Phi) is 27.4. The maximum absolute atomic E-state index is 12.8. The van der Waals surface area contributed by atoms with Crippen molar-refractivity contribution in [2.45, 2.75) is 216 Å². The van der Waals surface area contributed by atoms with Crippen molar-refractivity contribution >= 4 is 5.97 Å². The molecule has 2 aliphatic rings. The monoisotopic (exact) mass is 781 g/mol. The van der Waals surface area contributed by atoms with Crippen molar-refractivity contribution in [2.24, 2.45) is 0 Å². The predicted molar refractivity (Wildman–Crippen MR) is 201 cm³/mol. The quantitative estimate of drug-likeness (QED) is 0.0383. The van der Waals surface area contributed by atoms with Gasteiger partial charge in [-0.05, 0) is 12.8 Å². The van der Waals surface area contributed by atoms with E-state index in [2.05, 4.69) is 13.8 Å². The molecule has 0 radical (unpaired) electrons. The number of esters is 1. The van der Waals surface area contributed by atoms with Crippen molar-refractivity contribution in [3.63, 3.8) is 0 Å². The zero-order chi connectivity index (χ0) is 39.6. The Morgan fingerprint density at radius 1 is 0.537 bits per heavy atom. The highest BCUT2D eigenvalue weighted by molar-refractivity contribution is 5.69. The molecule has 14 nitrogen and oxygen atoms in total. The number of hydrogen-bond acceptors (Lipinski definition) is 14. The minimum absolute atomic E-state index is 0.0665. The Morgan fingerprint density at radius 3 is 1.50 bits per heavy atom. The Hall–Kier alpha value is -1.01. The molecule has 2 rings (SSSR count). The van der Waals surface area contributed by atoms with Crippen molar-refractivity contribution in [3.8, 4) is 0 Å². The summed E-state index contributed by atoms with van der Waals surface area (Å²) in [6.07, 6.45) is 7.77. The molecule has 0 aliphatic carbocycles. The fraction of sp³-hybridized carbons (Fsp3) is 0.975. The Morgan fingerprint density at radius 2 is 0.981 bits per heavy atom. The molecule has 11 atom stereocenters. The van der Waals surface area contributed by atoms with Gasteiger partial charge in [0.05, 0.1) is 26.4 Å². The second-order valence-corrected chi connectivity index (χ2v) is 15.2. The van der Waals surface area contributed by atoms with Gasteiger partial charge in [0.15, 0.2) is 12.6 Å². The molecule has 2 fully saturated rings. The lowest BCUT2D eigenvalue weighted by molar-refractivity contribution is -0.332. The number of ether oxygens (including phenoxy) is 6. The Bertz CT molecular complexity index is 912. The lowest BCUT2D eigenvalue weighted by Gasteiger charge is -2.42. The highest BCUT2D eigenvalue weighted by Crippen LogP contribution is 2.26. The van der Waals surface area contributed by atoms with Crippen LogP contribution >= 0.6 is 0 Å². The third-order valence-corrected chi connectivity index (χ3v) is 10.4. The van der Waals surface area contributed by atoms with Crippen LogP contribution < -0.4 is 0 Å². The van der Waals surface area contributed by atoms with Crippen molar-refractivity contribution < 1.29 is 69.0 Å². The van der Waals surface area contributed by atoms with Crippen LogP contribution in [0.25, 0.3) is 0 Å². The number of carbonyl (C=O) groups excluding carboxylic acids is 1. The average molecular weight is 781 g/mol. The molecule has 11 unspecified atom stereocenters. The average Bonchev–Trinajstić information content (AvgIpc) is 3.17. The standard InChI is InChI=1S/C40H76O14/c1-3-5-7-9-11-12-13-14-15-16-17-18-19-21-23-32(42)52-29(26-49-24-22-20-10-8-6-4-2)27-50-39-38(48)36(46)34(44)31(54-39)28-51-40-37(47)35(45)33(43)30(25-41)53-40/h29-31,33-41,43-48H,3-28H2,1-2H3. The minimum Gasteiger partial charge on any atom is -0.457 e. The summed E-state index contributed by atoms with van der Waals surface area (Å²) in [5.74, 6) is -0.378. The van der Waals surface area contributed by atoms with Crippen LogP contribution in [-0.4, -0.2) is 142 Å². The number of carbonyl (C=O) groups is 1. The summed E-state index contributed by atoms with van der Waals surface area (Å²) < 4.78 is 33.9. The molecular weight excluding hydrogens is 704 g/mol. The lowest BCUT2D eigenvalue weighted by Crippen LogP contribution is -2.61. The van der Waals surface area contributed by atoms with Crippen molar-refractivity contribution in [1.82, 2.24) is 0 Å². The molecule has 0 aromatic heterocycles. The van der Waals surface area contributed by atoms with E-state index in [1.54, 1.807) is 0 Å². The molecule has 0 aromatic rings. The minimum atomic E-state index is -1.70. The summed E-state index contributed by atoms with van der Waals surface area (Å²) >= 11 is 0. The van der Waals surface area contributed by atoms with Gasteiger partial charge in [-0.3, -0.25) is 4.79 Å². The summed E-state index contributed by atoms with van der Waals surface area (Å²) in [4.78, 5) is 12.8. The van der Waals surface area contributed by atoms with Crippen molar-refractivity contribution in [1.29, 1.82) is 0 Å². The molecule has 0 spiro atoms. The lowest BCUT2D eigenvalue weighted by atomic mass is 9.98. The summed E-state index contributed by atoms with van der Waals surface area (Å²) in [5, 5.41) is 71.6. The van der Waals surface area contributed by atoms with E-state index in [9.17, 15) is 40.5 Å². The van der Waals surface area contributed by atoms with Gasteiger partial charge in [-0.15, -0.1) is 0 Å². The molecule has 7 N–H and O–H groups in total. The van der Waals surface area contributed by atoms with Crippen LogP contribution in [0.1, 0.15) is 149 Å². The van der Waals surface area contributed by atoms with Gasteiger partial charge in [0.25, 0.3) is 0 Å². The Labute approximate surface area is 323 Å². The Balaban J connectivity index is 1.80. The fourth-order valence-corrected chi connectivity index (χ4v) is 6.81. The van der Waals surface area contributed by atoms with Gasteiger partial charge in [-0.2, -0.15) is 0 Å². The SMILES string of the molecule is CCCCCCCCCCCCCCCCC(=O)OC(COCCCCCCCC)COC1OC(COC2OC(CO)C(O)C(O)C2O)C(O)C(O)C1O. The number of rotatable bonds is 32. The third-order valence-electron chi connectivity index (χ3n) is 10.4. The predicted octanol–water partition coefficient (Wildman–Crippen LogP) is 3.79. The molecule has 0 bridgehead atoms. The molecule has 54 heavy (non-hydrogen) atoms. The van der Waals surface area contributed by atoms with Crippen LogP contribution in [0.15, 0.2) is 0 Å². The second-order valence-electron chi connectivity index (χ2n) is 15.2. The highest BCUT2D eigenvalue weighted by atomic mass is 16.7. The van der Waals surface area contributed by atoms with Gasteiger partial charge < -0.3 is 64.2 Å². The maximum Gasteiger partial charge on any atom is 0.306 e. The number of hydrogen-bond donors (Lipinski definition) is 7. The van der Waals surface area contributed by atoms with Crippen LogP contribution in [0.3, 0.4) is 0 Å². The van der Waals surface area contributed by atoms with Crippen LogP contribution in [0, 0.1) is 0 Å². The molecular formula is C40H76O14. The summed E-state index contributed by atoms with van der Waals surface area (Å²) in [6, 6.07) is 0. The van der Waals surface area contributed by atoms with E-state index in [1.165, 1.54) is 83.5 Å². The van der Waals surface area contributed by atoms with E-state index in [1.807, 2.05) is 0 Å². The van der Waals surface area contributed by atoms with Crippen molar-refractivity contribution in [2.75, 3.05) is 33.0 Å². The molecule has 0 amide bonds. The first-order valence-electron chi connectivity index (χ1n) is 21.1. The van der Waals surface area contributed by atoms with E-state index >= 15 is 0 Å². The molecule has 320 valence electrons. The van der Waals surface area contributed by atoms with Crippen LogP contribution in [-0.2, 0) is 33.2 Å². The summed E-state index contributed by atoms with van der Waals surface area (Å²) in [7, 11) is 0. The van der Waals surface area contributed by atoms with Gasteiger partial charge in [0.1, 0.15) is 54.9 Å². The molecule has 2 heterocycles. The zero-order valence-corrected chi connectivity index (χ0v) is 33.2. The first-order valence-corrected chi connectivity index (χ1v) is 21.1. The number of aliphatic hydroxyl groups is 7. The number of aliphatic hydroxyl groups excluding tert-OH is 7. The normalized spacial score (nSPS) is 29.4. The van der Waals surface area contributed by atoms with E-state index in [4.69, 9.17) is 28.4 Å². The maximum atomic E-state index is 12.8. The van der Waals surface area contributed by atoms with E-state index in [0.29, 0.717) is 13.0 Å². The van der Waals surface area contributed by atoms with E-state index in [0.717, 1.165) is 38.5 Å². The highest BCUT2D eigenvalue weighted by Gasteiger charge is 2.47. The smallest absolute Gasteiger partial charge is 0.306 e. The summed E-state index contributed by atoms with van der Waals surface area (Å²) in [6.45, 7) is 3.62. The first-order chi connectivity index (χ1) is 26.1. The number of unbranched alkanes of at least 4 members (excludes halogenated alkanes) is 18. The van der Waals surface area contributed by atoms with Gasteiger partial charge in [-0.1, -0.05) is 129 Å². The molecule has 2 saturated heterocycles. The molecule has 2 aliphatic heterocycles. The van der Waals surface area contributed by atoms with Crippen LogP contribution in [0.2, 0.25) is 0 Å². The molecule has 0 saturated carbocycles. The fourth-order valence-electron chi connectivity index (χ4n) is 6.81. The molecule has 14 heteroatoms. The largest absolute Gasteiger partial charge is 0.457 e. The van der Waals surface area contributed by atoms with Gasteiger partial charge >= 0.3 is 5.97 Å². The zero-order valence-electron chi connectivity index (χ0n) is 33.2. The van der Waals surface area contributed by atoms with Gasteiger partial charge in [0.2, 0.25) is 0 Å². The van der Waals surface area contributed by atoms with E-state index in [-0.39, 0.29) is 25.6 Å². The second kappa shape index (κ2) is 30.1. The third kappa shape index (κ3) is 19.4.